The van der Waals surface area contributed by atoms with Crippen LogP contribution in [0.1, 0.15) is 5.69 Å². The van der Waals surface area contributed by atoms with Crippen molar-refractivity contribution in [2.24, 2.45) is 7.05 Å². The summed E-state index contributed by atoms with van der Waals surface area (Å²) in [6.45, 7) is 0. The van der Waals surface area contributed by atoms with Crippen LogP contribution in [0.25, 0.3) is 0 Å². The minimum atomic E-state index is -0.217. The van der Waals surface area contributed by atoms with E-state index in [1.54, 1.807) is 20.3 Å². The highest BCUT2D eigenvalue weighted by atomic mass is 32.2. The van der Waals surface area contributed by atoms with Crippen molar-refractivity contribution in [1.29, 1.82) is 0 Å². The number of hydrogen-bond donors (Lipinski definition) is 2. The molecule has 2 aromatic heterocycles. The summed E-state index contributed by atoms with van der Waals surface area (Å²) in [5.41, 5.74) is 0.663. The number of aromatic amines is 1. The Morgan fingerprint density at radius 3 is 3.06 bits per heavy atom. The molecule has 2 heterocycles. The molecule has 0 aliphatic rings. The Morgan fingerprint density at radius 1 is 1.59 bits per heavy atom. The van der Waals surface area contributed by atoms with E-state index < -0.39 is 0 Å². The Bertz CT molecular complexity index is 563. The predicted molar refractivity (Wildman–Crippen MR) is 65.0 cm³/mol. The predicted octanol–water partition coefficient (Wildman–Crippen LogP) is 0.232. The second-order valence-electron chi connectivity index (χ2n) is 3.28. The second-order valence-corrected chi connectivity index (χ2v) is 4.22. The summed E-state index contributed by atoms with van der Waals surface area (Å²) in [4.78, 5) is 19.4. The Kier molecular flexibility index (Phi) is 3.43. The van der Waals surface area contributed by atoms with Gasteiger partial charge in [-0.15, -0.1) is 5.10 Å². The maximum Gasteiger partial charge on any atom is 0.343 e. The molecule has 90 valence electrons. The Morgan fingerprint density at radius 2 is 2.41 bits per heavy atom. The second kappa shape index (κ2) is 5.00. The van der Waals surface area contributed by atoms with Gasteiger partial charge in [-0.2, -0.15) is 0 Å². The molecule has 0 atom stereocenters. The van der Waals surface area contributed by atoms with Crippen molar-refractivity contribution in [1.82, 2.24) is 24.7 Å². The van der Waals surface area contributed by atoms with Crippen molar-refractivity contribution >= 4 is 17.7 Å². The molecule has 0 aliphatic carbocycles. The molecule has 0 spiro atoms. The normalized spacial score (nSPS) is 10.5. The minimum Gasteiger partial charge on any atom is -0.357 e. The summed E-state index contributed by atoms with van der Waals surface area (Å²) >= 11 is 1.44. The maximum atomic E-state index is 11.1. The van der Waals surface area contributed by atoms with E-state index >= 15 is 0 Å². The summed E-state index contributed by atoms with van der Waals surface area (Å²) in [6, 6.07) is 1.83. The number of rotatable bonds is 4. The van der Waals surface area contributed by atoms with Crippen LogP contribution in [0, 0.1) is 0 Å². The van der Waals surface area contributed by atoms with Gasteiger partial charge < -0.3 is 5.32 Å². The van der Waals surface area contributed by atoms with E-state index in [2.05, 4.69) is 25.5 Å². The van der Waals surface area contributed by atoms with E-state index in [9.17, 15) is 4.79 Å². The monoisotopic (exact) mass is 252 g/mol. The first-order chi connectivity index (χ1) is 8.20. The van der Waals surface area contributed by atoms with E-state index in [1.807, 2.05) is 6.07 Å². The van der Waals surface area contributed by atoms with Gasteiger partial charge in [0.15, 0.2) is 5.16 Å². The van der Waals surface area contributed by atoms with Gasteiger partial charge in [-0.25, -0.2) is 19.9 Å². The topological polar surface area (TPSA) is 88.5 Å². The van der Waals surface area contributed by atoms with Crippen LogP contribution < -0.4 is 11.0 Å². The highest BCUT2D eigenvalue weighted by Crippen LogP contribution is 2.17. The molecule has 0 saturated heterocycles. The van der Waals surface area contributed by atoms with Crippen LogP contribution in [0.3, 0.4) is 0 Å². The van der Waals surface area contributed by atoms with Gasteiger partial charge in [-0.3, -0.25) is 4.57 Å². The van der Waals surface area contributed by atoms with Crippen molar-refractivity contribution in [3.8, 4) is 0 Å². The summed E-state index contributed by atoms with van der Waals surface area (Å²) in [7, 11) is 3.44. The molecule has 2 rings (SSSR count). The van der Waals surface area contributed by atoms with Crippen molar-refractivity contribution in [3.63, 3.8) is 0 Å². The summed E-state index contributed by atoms with van der Waals surface area (Å²) < 4.78 is 1.46. The first kappa shape index (κ1) is 11.6. The number of anilines is 1. The fourth-order valence-corrected chi connectivity index (χ4v) is 2.02. The lowest BCUT2D eigenvalue weighted by atomic mass is 10.5. The van der Waals surface area contributed by atoms with Crippen molar-refractivity contribution in [2.45, 2.75) is 10.9 Å². The maximum absolute atomic E-state index is 11.1. The highest BCUT2D eigenvalue weighted by molar-refractivity contribution is 7.98. The Hall–Kier alpha value is -1.83. The van der Waals surface area contributed by atoms with Crippen LogP contribution in [0.4, 0.5) is 5.95 Å². The molecule has 7 nitrogen and oxygen atoms in total. The van der Waals surface area contributed by atoms with E-state index in [1.165, 1.54) is 16.3 Å². The molecule has 0 fully saturated rings. The lowest BCUT2D eigenvalue weighted by molar-refractivity contribution is 0.765. The first-order valence-corrected chi connectivity index (χ1v) is 5.93. The Balaban J connectivity index is 2.07. The van der Waals surface area contributed by atoms with E-state index in [0.29, 0.717) is 16.9 Å². The average molecular weight is 252 g/mol. The van der Waals surface area contributed by atoms with Crippen LogP contribution in [0.15, 0.2) is 22.2 Å². The van der Waals surface area contributed by atoms with Crippen LogP contribution >= 0.6 is 11.8 Å². The number of hydrogen-bond acceptors (Lipinski definition) is 6. The van der Waals surface area contributed by atoms with Crippen molar-refractivity contribution < 1.29 is 0 Å². The zero-order chi connectivity index (χ0) is 12.3. The quantitative estimate of drug-likeness (QED) is 0.757. The smallest absolute Gasteiger partial charge is 0.343 e. The lowest BCUT2D eigenvalue weighted by Gasteiger charge is -2.02. The van der Waals surface area contributed by atoms with E-state index in [0.717, 1.165) is 5.69 Å². The molecule has 0 aromatic carbocycles. The SMILES string of the molecule is CNc1nccc(CSc2n[nH]c(=O)n2C)n1. The zero-order valence-electron chi connectivity index (χ0n) is 9.47. The molecular formula is C9H12N6OS. The molecule has 0 radical (unpaired) electrons. The number of thioether (sulfide) groups is 1. The van der Waals surface area contributed by atoms with E-state index in [4.69, 9.17) is 0 Å². The average Bonchev–Trinajstić information content (AvgIpc) is 2.68. The summed E-state index contributed by atoms with van der Waals surface area (Å²) in [5, 5.41) is 9.80. The summed E-state index contributed by atoms with van der Waals surface area (Å²) in [5.74, 6) is 1.22. The van der Waals surface area contributed by atoms with Crippen LogP contribution in [-0.2, 0) is 12.8 Å². The van der Waals surface area contributed by atoms with Gasteiger partial charge >= 0.3 is 5.69 Å². The molecule has 0 unspecified atom stereocenters. The number of nitrogens with one attached hydrogen (secondary N) is 2. The van der Waals surface area contributed by atoms with Gasteiger partial charge in [0.1, 0.15) is 0 Å². The summed E-state index contributed by atoms with van der Waals surface area (Å²) in [6.07, 6.45) is 1.69. The van der Waals surface area contributed by atoms with Crippen LogP contribution in [0.5, 0.6) is 0 Å². The number of H-pyrrole nitrogens is 1. The molecule has 0 amide bonds. The molecule has 2 N–H and O–H groups in total. The van der Waals surface area contributed by atoms with Crippen LogP contribution in [0.2, 0.25) is 0 Å². The fourth-order valence-electron chi connectivity index (χ4n) is 1.20. The molecule has 17 heavy (non-hydrogen) atoms. The highest BCUT2D eigenvalue weighted by Gasteiger charge is 2.06. The van der Waals surface area contributed by atoms with Gasteiger partial charge in [0.05, 0.1) is 5.69 Å². The molecule has 0 aliphatic heterocycles. The van der Waals surface area contributed by atoms with E-state index in [-0.39, 0.29) is 5.69 Å². The largest absolute Gasteiger partial charge is 0.357 e. The zero-order valence-corrected chi connectivity index (χ0v) is 10.3. The van der Waals surface area contributed by atoms with Crippen molar-refractivity contribution in [2.75, 3.05) is 12.4 Å². The van der Waals surface area contributed by atoms with Crippen molar-refractivity contribution in [3.05, 3.63) is 28.4 Å². The molecular weight excluding hydrogens is 240 g/mol. The molecule has 8 heteroatoms. The molecule has 0 saturated carbocycles. The first-order valence-electron chi connectivity index (χ1n) is 4.94. The van der Waals surface area contributed by atoms with Gasteiger partial charge in [0, 0.05) is 26.0 Å². The Labute approximate surface area is 102 Å². The molecule has 0 bridgehead atoms. The third-order valence-corrected chi connectivity index (χ3v) is 3.19. The lowest BCUT2D eigenvalue weighted by Crippen LogP contribution is -2.12. The third-order valence-electron chi connectivity index (χ3n) is 2.12. The fraction of sp³-hybridized carbons (Fsp3) is 0.333. The molecule has 2 aromatic rings. The van der Waals surface area contributed by atoms with Gasteiger partial charge in [-0.05, 0) is 6.07 Å². The van der Waals surface area contributed by atoms with Gasteiger partial charge in [0.25, 0.3) is 0 Å². The van der Waals surface area contributed by atoms with Gasteiger partial charge in [-0.1, -0.05) is 11.8 Å². The van der Waals surface area contributed by atoms with Crippen LogP contribution in [-0.4, -0.2) is 31.8 Å². The third kappa shape index (κ3) is 2.64. The standard InChI is InChI=1S/C9H12N6OS/c1-10-7-11-4-3-6(12-7)5-17-9-14-13-8(16)15(9)2/h3-4H,5H2,1-2H3,(H,13,16)(H,10,11,12). The number of nitrogens with zero attached hydrogens (tertiary/aromatic N) is 4. The minimum absolute atomic E-state index is 0.217. The number of aromatic nitrogens is 5. The van der Waals surface area contributed by atoms with Gasteiger partial charge in [0.2, 0.25) is 5.95 Å².